The first kappa shape index (κ1) is 43.3. The molecule has 1 amide bonds. The van der Waals surface area contributed by atoms with Gasteiger partial charge in [0.2, 0.25) is 0 Å². The molecular weight excluding hydrogens is 643 g/mol. The number of aliphatic hydroxyl groups is 1. The minimum atomic E-state index is -0.466. The lowest BCUT2D eigenvalue weighted by Gasteiger charge is -2.32. The van der Waals surface area contributed by atoms with E-state index in [0.717, 1.165) is 33.8 Å². The molecule has 0 atom stereocenters. The number of carbonyl (C=O) groups excluding carboxylic acids is 1. The maximum absolute atomic E-state index is 12.6. The molecular formula is C37H61N5O4S2. The van der Waals surface area contributed by atoms with E-state index < -0.39 is 17.2 Å². The van der Waals surface area contributed by atoms with Gasteiger partial charge < -0.3 is 24.8 Å². The number of aliphatic hydroxyl groups excluding tert-OH is 1. The zero-order valence-corrected chi connectivity index (χ0v) is 32.9. The number of nitrogens with one attached hydrogen (secondary N) is 1. The van der Waals surface area contributed by atoms with Crippen molar-refractivity contribution in [2.24, 2.45) is 0 Å². The molecule has 1 aromatic heterocycles. The number of alkyl carbamates (subject to hydrolysis) is 1. The summed E-state index contributed by atoms with van der Waals surface area (Å²) in [6.07, 6.45) is 6.59. The third-order valence-corrected chi connectivity index (χ3v) is 9.74. The largest absolute Gasteiger partial charge is 0.449 e. The first-order valence-corrected chi connectivity index (χ1v) is 18.9. The van der Waals surface area contributed by atoms with E-state index in [1.165, 1.54) is 10.8 Å². The van der Waals surface area contributed by atoms with Gasteiger partial charge in [0.05, 0.1) is 30.0 Å². The molecule has 270 valence electrons. The number of fused-ring (bicyclic) bond motifs is 3. The minimum absolute atomic E-state index is 0.0375. The topological polar surface area (TPSA) is 102 Å². The van der Waals surface area contributed by atoms with Crippen LogP contribution in [0.4, 0.5) is 10.5 Å². The number of anilines is 1. The molecule has 9 nitrogen and oxygen atoms in total. The van der Waals surface area contributed by atoms with E-state index >= 15 is 0 Å². The van der Waals surface area contributed by atoms with Crippen LogP contribution >= 0.6 is 22.5 Å². The van der Waals surface area contributed by atoms with Gasteiger partial charge in [-0.3, -0.25) is 0 Å². The van der Waals surface area contributed by atoms with Crippen LogP contribution in [0, 0.1) is 0 Å². The number of aromatic nitrogens is 3. The third kappa shape index (κ3) is 12.3. The fraction of sp³-hybridized carbons (Fsp3) is 0.595. The quantitative estimate of drug-likeness (QED) is 0.125. The Morgan fingerprint density at radius 3 is 2.40 bits per heavy atom. The number of allylic oxidation sites excluding steroid dienone is 3. The molecule has 0 saturated carbocycles. The highest BCUT2D eigenvalue weighted by Crippen LogP contribution is 2.40. The molecule has 1 aliphatic heterocycles. The van der Waals surface area contributed by atoms with Crippen LogP contribution in [0.3, 0.4) is 0 Å². The zero-order valence-electron chi connectivity index (χ0n) is 31.2. The molecule has 48 heavy (non-hydrogen) atoms. The lowest BCUT2D eigenvalue weighted by Crippen LogP contribution is -2.38. The van der Waals surface area contributed by atoms with Crippen molar-refractivity contribution < 1.29 is 19.4 Å². The third-order valence-electron chi connectivity index (χ3n) is 7.65. The highest BCUT2D eigenvalue weighted by Gasteiger charge is 2.32. The summed E-state index contributed by atoms with van der Waals surface area (Å²) in [5, 5.41) is 21.9. The van der Waals surface area contributed by atoms with Gasteiger partial charge in [-0.1, -0.05) is 86.7 Å². The number of hydrogen-bond acceptors (Lipinski definition) is 9. The Morgan fingerprint density at radius 1 is 1.12 bits per heavy atom. The molecule has 2 aromatic rings. The van der Waals surface area contributed by atoms with Crippen molar-refractivity contribution in [1.29, 1.82) is 0 Å². The number of rotatable bonds is 15. The minimum Gasteiger partial charge on any atom is -0.449 e. The van der Waals surface area contributed by atoms with E-state index in [2.05, 4.69) is 64.8 Å². The maximum Gasteiger partial charge on any atom is 0.407 e. The zero-order chi connectivity index (χ0) is 36.5. The summed E-state index contributed by atoms with van der Waals surface area (Å²) < 4.78 is 13.4. The molecule has 0 aliphatic carbocycles. The summed E-state index contributed by atoms with van der Waals surface area (Å²) in [6, 6.07) is 8.10. The molecule has 0 saturated heterocycles. The van der Waals surface area contributed by atoms with Crippen LogP contribution < -0.4 is 10.2 Å². The number of benzene rings is 1. The highest BCUT2D eigenvalue weighted by molar-refractivity contribution is 8.69. The van der Waals surface area contributed by atoms with E-state index in [0.29, 0.717) is 39.1 Å². The summed E-state index contributed by atoms with van der Waals surface area (Å²) in [7, 11) is 1.46. The first-order chi connectivity index (χ1) is 22.8. The van der Waals surface area contributed by atoms with Crippen LogP contribution in [0.1, 0.15) is 94.7 Å². The average Bonchev–Trinajstić information content (AvgIpc) is 3.50. The first-order valence-electron chi connectivity index (χ1n) is 17.1. The van der Waals surface area contributed by atoms with Gasteiger partial charge in [0.25, 0.3) is 0 Å². The van der Waals surface area contributed by atoms with Gasteiger partial charge in [0.1, 0.15) is 5.69 Å². The van der Waals surface area contributed by atoms with Gasteiger partial charge in [-0.15, -0.1) is 16.8 Å². The van der Waals surface area contributed by atoms with Gasteiger partial charge in [-0.2, -0.15) is 0 Å². The van der Waals surface area contributed by atoms with Crippen molar-refractivity contribution in [3.8, 4) is 11.3 Å². The van der Waals surface area contributed by atoms with Crippen molar-refractivity contribution in [3.05, 3.63) is 60.3 Å². The molecule has 0 fully saturated rings. The summed E-state index contributed by atoms with van der Waals surface area (Å²) in [6.45, 7) is 28.7. The number of hydrogen-bond donors (Lipinski definition) is 3. The van der Waals surface area contributed by atoms with Crippen molar-refractivity contribution in [3.63, 3.8) is 0 Å². The molecule has 0 spiro atoms. The van der Waals surface area contributed by atoms with Crippen LogP contribution in [-0.2, 0) is 15.0 Å². The lowest BCUT2D eigenvalue weighted by molar-refractivity contribution is -0.0403. The molecule has 11 heteroatoms. The second kappa shape index (κ2) is 20.7. The molecule has 3 rings (SSSR count). The Bertz CT molecular complexity index is 1350. The molecule has 2 heterocycles. The Kier molecular flexibility index (Phi) is 18.7. The van der Waals surface area contributed by atoms with Crippen molar-refractivity contribution in [2.75, 3.05) is 44.4 Å². The molecule has 1 aliphatic rings. The lowest BCUT2D eigenvalue weighted by atomic mass is 9.93. The monoisotopic (exact) mass is 703 g/mol. The standard InChI is InChI=1S/C33H49N5O4S2.2C2H6/c1-9-13-24-22-37(19-18-34-30(40)41-21-17-32(5,6)42-23-33(7,8)44-43)27-15-12-11-14-26(27)28-29(25(24)10-2)38(36-35-28)31(3,4)16-20-39;2*1-2/h9-15,39,43H,2,16-23H2,1,3-8H3,(H,34,40);2*1-2H3/b13-9-,25-24-;;. The number of nitrogens with zero attached hydrogens (tertiary/aromatic N) is 4. The SMILES string of the molecule is C=C/C1=C(\C=C/C)CN(CCNC(=O)OCCC(C)(C)OCC(C)(C)SS)c2ccccc2-c2nnn(C(C)(C)CCO)c21.CC.CC. The Hall–Kier alpha value is -2.73. The van der Waals surface area contributed by atoms with Crippen molar-refractivity contribution in [2.45, 2.75) is 105 Å². The van der Waals surface area contributed by atoms with Crippen LogP contribution in [0.25, 0.3) is 16.8 Å². The van der Waals surface area contributed by atoms with Crippen molar-refractivity contribution >= 4 is 39.8 Å². The fourth-order valence-electron chi connectivity index (χ4n) is 4.96. The summed E-state index contributed by atoms with van der Waals surface area (Å²) in [5.74, 6) is 0. The van der Waals surface area contributed by atoms with Crippen LogP contribution in [-0.4, -0.2) is 76.0 Å². The predicted octanol–water partition coefficient (Wildman–Crippen LogP) is 8.72. The van der Waals surface area contributed by atoms with Gasteiger partial charge in [-0.25, -0.2) is 9.48 Å². The maximum atomic E-state index is 12.6. The fourth-order valence-corrected chi connectivity index (χ4v) is 5.23. The Balaban J connectivity index is 0.00000277. The molecule has 0 unspecified atom stereocenters. The van der Waals surface area contributed by atoms with E-state index in [1.807, 2.05) is 97.3 Å². The number of para-hydroxylation sites is 1. The van der Waals surface area contributed by atoms with Crippen LogP contribution in [0.2, 0.25) is 0 Å². The number of thiol groups is 1. The normalized spacial score (nSPS) is 14.8. The summed E-state index contributed by atoms with van der Waals surface area (Å²) in [4.78, 5) is 14.8. The second-order valence-electron chi connectivity index (χ2n) is 12.8. The van der Waals surface area contributed by atoms with E-state index in [-0.39, 0.29) is 18.0 Å². The summed E-state index contributed by atoms with van der Waals surface area (Å²) in [5.41, 5.74) is 4.64. The number of ether oxygens (including phenoxy) is 2. The van der Waals surface area contributed by atoms with E-state index in [9.17, 15) is 9.90 Å². The highest BCUT2D eigenvalue weighted by atomic mass is 33.1. The second-order valence-corrected chi connectivity index (χ2v) is 14.6. The summed E-state index contributed by atoms with van der Waals surface area (Å²) >= 11 is 4.31. The molecule has 0 bridgehead atoms. The number of carbonyl (C=O) groups is 1. The van der Waals surface area contributed by atoms with Crippen molar-refractivity contribution in [1.82, 2.24) is 20.3 Å². The van der Waals surface area contributed by atoms with Crippen LogP contribution in [0.15, 0.2) is 54.6 Å². The van der Waals surface area contributed by atoms with Gasteiger partial charge in [0, 0.05) is 54.2 Å². The smallest absolute Gasteiger partial charge is 0.407 e. The van der Waals surface area contributed by atoms with E-state index in [4.69, 9.17) is 9.47 Å². The molecule has 2 N–H and O–H groups in total. The van der Waals surface area contributed by atoms with Gasteiger partial charge >= 0.3 is 6.09 Å². The van der Waals surface area contributed by atoms with Gasteiger partial charge in [0.15, 0.2) is 0 Å². The van der Waals surface area contributed by atoms with Crippen LogP contribution in [0.5, 0.6) is 0 Å². The predicted molar refractivity (Wildman–Crippen MR) is 208 cm³/mol. The van der Waals surface area contributed by atoms with E-state index in [1.54, 1.807) is 0 Å². The number of amides is 1. The average molecular weight is 704 g/mol. The Labute approximate surface area is 299 Å². The molecule has 1 aromatic carbocycles. The van der Waals surface area contributed by atoms with Gasteiger partial charge in [-0.05, 0) is 66.5 Å². The molecule has 0 radical (unpaired) electrons. The Morgan fingerprint density at radius 2 is 1.79 bits per heavy atom.